The van der Waals surface area contributed by atoms with Crippen molar-refractivity contribution in [2.24, 2.45) is 0 Å². The Hall–Kier alpha value is -0.400. The van der Waals surface area contributed by atoms with Crippen molar-refractivity contribution in [3.63, 3.8) is 0 Å². The molecule has 76 valence electrons. The lowest BCUT2D eigenvalue weighted by Crippen LogP contribution is -2.05. The quantitative estimate of drug-likeness (QED) is 0.209. The van der Waals surface area contributed by atoms with Crippen LogP contribution in [0.3, 0.4) is 0 Å². The summed E-state index contributed by atoms with van der Waals surface area (Å²) in [4.78, 5) is 19.6. The zero-order valence-corrected chi connectivity index (χ0v) is 9.18. The Morgan fingerprint density at radius 2 is 2.23 bits per heavy atom. The molecule has 0 radical (unpaired) electrons. The van der Waals surface area contributed by atoms with E-state index in [0.29, 0.717) is 6.61 Å². The van der Waals surface area contributed by atoms with Crippen molar-refractivity contribution in [3.8, 4) is 0 Å². The van der Waals surface area contributed by atoms with Gasteiger partial charge in [-0.05, 0) is 19.0 Å². The van der Waals surface area contributed by atoms with E-state index in [2.05, 4.69) is 25.1 Å². The lowest BCUT2D eigenvalue weighted by molar-refractivity contribution is -0.263. The van der Waals surface area contributed by atoms with Crippen molar-refractivity contribution in [1.29, 1.82) is 0 Å². The number of carbonyl (C=O) groups is 1. The third kappa shape index (κ3) is 7.94. The van der Waals surface area contributed by atoms with Crippen LogP contribution in [0.2, 0.25) is 0 Å². The summed E-state index contributed by atoms with van der Waals surface area (Å²) in [6.07, 6.45) is 4.51. The van der Waals surface area contributed by atoms with Gasteiger partial charge in [-0.2, -0.15) is 4.89 Å². The second kappa shape index (κ2) is 8.21. The summed E-state index contributed by atoms with van der Waals surface area (Å²) < 4.78 is 0. The lowest BCUT2D eigenvalue weighted by atomic mass is 10.6. The van der Waals surface area contributed by atoms with E-state index in [4.69, 9.17) is 4.89 Å². The number of rotatable bonds is 7. The molecule has 1 unspecified atom stereocenters. The molecule has 3 nitrogen and oxygen atoms in total. The molecule has 0 rings (SSSR count). The molecule has 0 bridgehead atoms. The van der Waals surface area contributed by atoms with Gasteiger partial charge < -0.3 is 0 Å². The van der Waals surface area contributed by atoms with E-state index >= 15 is 0 Å². The fourth-order valence-electron chi connectivity index (χ4n) is 0.820. The normalized spacial score (nSPS) is 12.2. The van der Waals surface area contributed by atoms with Gasteiger partial charge in [-0.25, -0.2) is 4.79 Å². The van der Waals surface area contributed by atoms with Crippen LogP contribution in [0, 0.1) is 0 Å². The predicted molar refractivity (Wildman–Crippen MR) is 55.1 cm³/mol. The Morgan fingerprint density at radius 1 is 1.54 bits per heavy atom. The van der Waals surface area contributed by atoms with Crippen LogP contribution in [-0.2, 0) is 14.6 Å². The maximum atomic E-state index is 10.5. The maximum Gasteiger partial charge on any atom is 0.365 e. The van der Waals surface area contributed by atoms with Crippen LogP contribution in [0.4, 0.5) is 0 Å². The first-order valence-corrected chi connectivity index (χ1v) is 6.51. The summed E-state index contributed by atoms with van der Waals surface area (Å²) in [5.41, 5.74) is 0. The fraction of sp³-hybridized carbons (Fsp3) is 0.667. The van der Waals surface area contributed by atoms with E-state index in [9.17, 15) is 4.79 Å². The van der Waals surface area contributed by atoms with Gasteiger partial charge in [0.1, 0.15) is 0 Å². The van der Waals surface area contributed by atoms with Gasteiger partial charge in [0.05, 0.1) is 6.61 Å². The van der Waals surface area contributed by atoms with Gasteiger partial charge in [-0.1, -0.05) is 19.9 Å². The average molecular weight is 204 g/mol. The monoisotopic (exact) mass is 204 g/mol. The Kier molecular flexibility index (Phi) is 7.96. The molecule has 0 N–H and O–H groups in total. The molecule has 0 saturated heterocycles. The second-order valence-corrected chi connectivity index (χ2v) is 5.34. The SMILES string of the molecule is C=CC(=O)OOCCP(C)CCC. The van der Waals surface area contributed by atoms with Crippen LogP contribution in [-0.4, -0.2) is 31.6 Å². The van der Waals surface area contributed by atoms with Crippen molar-refractivity contribution in [3.05, 3.63) is 12.7 Å². The molecule has 0 fully saturated rings. The smallest absolute Gasteiger partial charge is 0.294 e. The van der Waals surface area contributed by atoms with Gasteiger partial charge in [0.15, 0.2) is 0 Å². The van der Waals surface area contributed by atoms with Crippen molar-refractivity contribution in [2.45, 2.75) is 13.3 Å². The van der Waals surface area contributed by atoms with Crippen molar-refractivity contribution < 1.29 is 14.6 Å². The Balaban J connectivity index is 3.24. The van der Waals surface area contributed by atoms with Gasteiger partial charge in [-0.3, -0.25) is 4.89 Å². The molecule has 0 aromatic heterocycles. The fourth-order valence-corrected chi connectivity index (χ4v) is 2.19. The Morgan fingerprint density at radius 3 is 2.77 bits per heavy atom. The second-order valence-electron chi connectivity index (χ2n) is 2.73. The molecule has 4 heteroatoms. The molecule has 0 aromatic carbocycles. The van der Waals surface area contributed by atoms with Crippen LogP contribution in [0.25, 0.3) is 0 Å². The summed E-state index contributed by atoms with van der Waals surface area (Å²) >= 11 is 0. The average Bonchev–Trinajstić information content (AvgIpc) is 2.12. The largest absolute Gasteiger partial charge is 0.365 e. The van der Waals surface area contributed by atoms with Crippen LogP contribution in [0.1, 0.15) is 13.3 Å². The van der Waals surface area contributed by atoms with Crippen LogP contribution in [0.5, 0.6) is 0 Å². The first-order chi connectivity index (χ1) is 6.20. The number of hydrogen-bond acceptors (Lipinski definition) is 3. The third-order valence-corrected chi connectivity index (χ3v) is 3.63. The van der Waals surface area contributed by atoms with Crippen LogP contribution < -0.4 is 0 Å². The summed E-state index contributed by atoms with van der Waals surface area (Å²) in [7, 11) is 0.0421. The zero-order chi connectivity index (χ0) is 10.1. The number of carbonyl (C=O) groups excluding carboxylic acids is 1. The predicted octanol–water partition coefficient (Wildman–Crippen LogP) is 2.17. The Bertz CT molecular complexity index is 159. The molecule has 0 aliphatic heterocycles. The molecule has 13 heavy (non-hydrogen) atoms. The molecule has 0 amide bonds. The van der Waals surface area contributed by atoms with E-state index in [1.54, 1.807) is 0 Å². The summed E-state index contributed by atoms with van der Waals surface area (Å²) in [6.45, 7) is 8.13. The molecule has 0 aliphatic carbocycles. The molecule has 1 atom stereocenters. The standard InChI is InChI=1S/C9H17O3P/c1-4-7-13(3)8-6-11-12-9(10)5-2/h5H,2,4,6-8H2,1,3H3. The van der Waals surface area contributed by atoms with Crippen molar-refractivity contribution >= 4 is 13.9 Å². The van der Waals surface area contributed by atoms with Gasteiger partial charge in [-0.15, -0.1) is 7.92 Å². The number of hydrogen-bond donors (Lipinski definition) is 0. The zero-order valence-electron chi connectivity index (χ0n) is 8.28. The highest BCUT2D eigenvalue weighted by atomic mass is 31.1. The summed E-state index contributed by atoms with van der Waals surface area (Å²) in [6, 6.07) is 0. The van der Waals surface area contributed by atoms with Gasteiger partial charge >= 0.3 is 5.97 Å². The van der Waals surface area contributed by atoms with Gasteiger partial charge in [0.25, 0.3) is 0 Å². The minimum absolute atomic E-state index is 0.0421. The molecule has 0 saturated carbocycles. The highest BCUT2D eigenvalue weighted by Crippen LogP contribution is 2.30. The van der Waals surface area contributed by atoms with Crippen LogP contribution >= 0.6 is 7.92 Å². The lowest BCUT2D eigenvalue weighted by Gasteiger charge is -2.09. The van der Waals surface area contributed by atoms with E-state index < -0.39 is 5.97 Å². The van der Waals surface area contributed by atoms with Crippen molar-refractivity contribution in [2.75, 3.05) is 25.6 Å². The van der Waals surface area contributed by atoms with E-state index in [1.807, 2.05) is 0 Å². The minimum Gasteiger partial charge on any atom is -0.294 e. The molecule has 0 aliphatic rings. The summed E-state index contributed by atoms with van der Waals surface area (Å²) in [5.74, 6) is -0.532. The van der Waals surface area contributed by atoms with Crippen molar-refractivity contribution in [1.82, 2.24) is 0 Å². The molecule has 0 spiro atoms. The van der Waals surface area contributed by atoms with E-state index in [1.165, 1.54) is 12.6 Å². The minimum atomic E-state index is -0.532. The van der Waals surface area contributed by atoms with Gasteiger partial charge in [0.2, 0.25) is 0 Å². The van der Waals surface area contributed by atoms with E-state index in [0.717, 1.165) is 12.2 Å². The molecular weight excluding hydrogens is 187 g/mol. The third-order valence-electron chi connectivity index (χ3n) is 1.47. The van der Waals surface area contributed by atoms with Crippen LogP contribution in [0.15, 0.2) is 12.7 Å². The molecule has 0 heterocycles. The first-order valence-electron chi connectivity index (χ1n) is 4.35. The highest BCUT2D eigenvalue weighted by molar-refractivity contribution is 7.56. The summed E-state index contributed by atoms with van der Waals surface area (Å²) in [5, 5.41) is 0. The highest BCUT2D eigenvalue weighted by Gasteiger charge is 2.01. The van der Waals surface area contributed by atoms with Gasteiger partial charge in [0, 0.05) is 6.08 Å². The van der Waals surface area contributed by atoms with E-state index in [-0.39, 0.29) is 7.92 Å². The maximum absolute atomic E-state index is 10.5. The molecule has 0 aromatic rings. The molecular formula is C9H17O3P. The topological polar surface area (TPSA) is 35.5 Å². The first kappa shape index (κ1) is 12.6. The Labute approximate surface area is 80.8 Å².